The average molecular weight is 707 g/mol. The molecule has 4 aromatic rings. The second-order valence-corrected chi connectivity index (χ2v) is 15.0. The maximum Gasteiger partial charge on any atom is 0.251 e. The maximum atomic E-state index is 12.3. The van der Waals surface area contributed by atoms with Gasteiger partial charge in [-0.15, -0.1) is 0 Å². The van der Waals surface area contributed by atoms with E-state index in [4.69, 9.17) is 9.47 Å². The summed E-state index contributed by atoms with van der Waals surface area (Å²) in [6.07, 6.45) is 4.32. The van der Waals surface area contributed by atoms with Crippen LogP contribution >= 0.6 is 0 Å². The molecule has 0 radical (unpaired) electrons. The number of anilines is 4. The predicted octanol–water partition coefficient (Wildman–Crippen LogP) is 5.34. The van der Waals surface area contributed by atoms with Crippen molar-refractivity contribution in [3.8, 4) is 0 Å². The van der Waals surface area contributed by atoms with Gasteiger partial charge in [0, 0.05) is 87.0 Å². The van der Waals surface area contributed by atoms with Gasteiger partial charge in [0.05, 0.1) is 26.4 Å². The molecule has 2 N–H and O–H groups in total. The fraction of sp³-hybridized carbons (Fsp3) is 0.476. The molecule has 2 aromatic carbocycles. The van der Waals surface area contributed by atoms with Crippen molar-refractivity contribution in [1.29, 1.82) is 0 Å². The second-order valence-electron chi connectivity index (χ2n) is 15.0. The number of nitrogens with zero attached hydrogens (tertiary/aromatic N) is 4. The molecule has 0 aliphatic carbocycles. The van der Waals surface area contributed by atoms with Gasteiger partial charge in [0.2, 0.25) is 0 Å². The van der Waals surface area contributed by atoms with Crippen LogP contribution < -0.4 is 30.7 Å². The summed E-state index contributed by atoms with van der Waals surface area (Å²) in [5, 5.41) is 0. The fourth-order valence-corrected chi connectivity index (χ4v) is 8.40. The number of H-pyrrole nitrogens is 2. The average Bonchev–Trinajstić information content (AvgIpc) is 3.73. The molecule has 0 saturated carbocycles. The van der Waals surface area contributed by atoms with Gasteiger partial charge in [-0.25, -0.2) is 0 Å². The highest BCUT2D eigenvalue weighted by Crippen LogP contribution is 2.32. The molecule has 4 saturated heterocycles. The molecular formula is C42H54N6O4. The lowest BCUT2D eigenvalue weighted by molar-refractivity contribution is 0.122. The lowest BCUT2D eigenvalue weighted by Gasteiger charge is -2.31. The first-order chi connectivity index (χ1) is 25.4. The summed E-state index contributed by atoms with van der Waals surface area (Å²) >= 11 is 0. The van der Waals surface area contributed by atoms with Gasteiger partial charge in [0.15, 0.2) is 0 Å². The summed E-state index contributed by atoms with van der Waals surface area (Å²) in [7, 11) is 0. The molecule has 4 atom stereocenters. The van der Waals surface area contributed by atoms with Crippen LogP contribution in [0.3, 0.4) is 0 Å². The molecule has 10 heteroatoms. The molecule has 8 rings (SSSR count). The van der Waals surface area contributed by atoms with Crippen molar-refractivity contribution >= 4 is 23.0 Å². The third-order valence-corrected chi connectivity index (χ3v) is 10.9. The summed E-state index contributed by atoms with van der Waals surface area (Å²) in [4.78, 5) is 40.1. The number of rotatable bonds is 8. The smallest absolute Gasteiger partial charge is 0.251 e. The Morgan fingerprint density at radius 2 is 0.962 bits per heavy atom. The summed E-state index contributed by atoms with van der Waals surface area (Å²) in [5.41, 5.74) is 4.66. The van der Waals surface area contributed by atoms with Gasteiger partial charge in [0.1, 0.15) is 11.6 Å². The Morgan fingerprint density at radius 1 is 0.577 bits per heavy atom. The summed E-state index contributed by atoms with van der Waals surface area (Å²) in [6, 6.07) is 29.8. The topological polar surface area (TPSA) is 97.1 Å². The molecule has 6 heterocycles. The first kappa shape index (κ1) is 35.8. The van der Waals surface area contributed by atoms with E-state index >= 15 is 0 Å². The Labute approximate surface area is 307 Å². The zero-order valence-corrected chi connectivity index (χ0v) is 30.7. The molecule has 4 fully saturated rings. The Hall–Kier alpha value is -4.54. The third-order valence-electron chi connectivity index (χ3n) is 10.9. The number of aromatic amines is 2. The quantitative estimate of drug-likeness (QED) is 0.254. The molecule has 10 nitrogen and oxygen atoms in total. The third kappa shape index (κ3) is 9.08. The van der Waals surface area contributed by atoms with Crippen LogP contribution in [0.15, 0.2) is 94.5 Å². The number of hydrogen-bond donors (Lipinski definition) is 2. The number of ether oxygens (including phenoxy) is 2. The van der Waals surface area contributed by atoms with Gasteiger partial charge >= 0.3 is 0 Å². The maximum absolute atomic E-state index is 12.3. The molecule has 52 heavy (non-hydrogen) atoms. The van der Waals surface area contributed by atoms with E-state index in [0.717, 1.165) is 114 Å². The second kappa shape index (κ2) is 16.9. The lowest BCUT2D eigenvalue weighted by atomic mass is 10.0. The van der Waals surface area contributed by atoms with E-state index in [1.54, 1.807) is 12.1 Å². The van der Waals surface area contributed by atoms with Gasteiger partial charge in [-0.1, -0.05) is 74.5 Å². The van der Waals surface area contributed by atoms with Gasteiger partial charge in [-0.3, -0.25) is 9.59 Å². The molecule has 4 aliphatic heterocycles. The van der Waals surface area contributed by atoms with Crippen molar-refractivity contribution in [3.63, 3.8) is 0 Å². The van der Waals surface area contributed by atoms with Crippen LogP contribution in [0, 0.1) is 11.8 Å². The van der Waals surface area contributed by atoms with E-state index in [2.05, 4.69) is 116 Å². The van der Waals surface area contributed by atoms with Crippen LogP contribution in [0.2, 0.25) is 0 Å². The van der Waals surface area contributed by atoms with Crippen LogP contribution in [0.5, 0.6) is 0 Å². The van der Waals surface area contributed by atoms with E-state index in [0.29, 0.717) is 23.9 Å². The van der Waals surface area contributed by atoms with Crippen molar-refractivity contribution < 1.29 is 9.47 Å². The van der Waals surface area contributed by atoms with E-state index in [9.17, 15) is 9.59 Å². The van der Waals surface area contributed by atoms with Crippen molar-refractivity contribution in [2.24, 2.45) is 11.8 Å². The Kier molecular flexibility index (Phi) is 11.6. The molecule has 0 amide bonds. The van der Waals surface area contributed by atoms with Gasteiger partial charge in [0.25, 0.3) is 11.1 Å². The number of aromatic nitrogens is 2. The number of benzene rings is 2. The SMILES string of the molecule is C[C@@H]1C[C@H](Cc2ccccc2)N(c2cc(N3CCOCC3)cc(=O)[nH]2)C1.C[C@H]1C[C@H](Cc2ccccc2)N(c2cc(N3CCOCC3)cc(=O)[nH]2)C1. The highest BCUT2D eigenvalue weighted by molar-refractivity contribution is 5.57. The number of hydrogen-bond acceptors (Lipinski definition) is 8. The van der Waals surface area contributed by atoms with Crippen LogP contribution in [0.4, 0.5) is 23.0 Å². The Morgan fingerprint density at radius 3 is 1.35 bits per heavy atom. The summed E-state index contributed by atoms with van der Waals surface area (Å²) in [5.74, 6) is 3.15. The molecule has 4 aliphatic rings. The first-order valence-electron chi connectivity index (χ1n) is 19.1. The molecule has 276 valence electrons. The van der Waals surface area contributed by atoms with Crippen molar-refractivity contribution in [3.05, 3.63) is 117 Å². The van der Waals surface area contributed by atoms with Gasteiger partial charge in [-0.05, 0) is 48.6 Å². The first-order valence-corrected chi connectivity index (χ1v) is 19.1. The summed E-state index contributed by atoms with van der Waals surface area (Å²) < 4.78 is 10.9. The van der Waals surface area contributed by atoms with Crippen LogP contribution in [-0.2, 0) is 22.3 Å². The zero-order valence-electron chi connectivity index (χ0n) is 30.7. The standard InChI is InChI=1S/2C21H27N3O2/c2*1-16-11-19(12-17-5-3-2-4-6-17)24(15-16)20-13-18(14-21(25)22-20)23-7-9-26-10-8-23/h2*2-6,13-14,16,19H,7-12,15H2,1H3,(H,22,25)/t16-,19+;16-,19-/m01/s1. The molecule has 2 aromatic heterocycles. The zero-order chi connectivity index (χ0) is 35.9. The van der Waals surface area contributed by atoms with Crippen LogP contribution in [-0.4, -0.2) is 87.7 Å². The Balaban J connectivity index is 0.000000162. The van der Waals surface area contributed by atoms with E-state index in [1.165, 1.54) is 11.1 Å². The summed E-state index contributed by atoms with van der Waals surface area (Å²) in [6.45, 7) is 12.8. The highest BCUT2D eigenvalue weighted by Gasteiger charge is 2.32. The largest absolute Gasteiger partial charge is 0.378 e. The van der Waals surface area contributed by atoms with E-state index in [-0.39, 0.29) is 11.1 Å². The van der Waals surface area contributed by atoms with Crippen LogP contribution in [0.25, 0.3) is 0 Å². The van der Waals surface area contributed by atoms with Gasteiger partial charge < -0.3 is 39.0 Å². The minimum absolute atomic E-state index is 0.0259. The van der Waals surface area contributed by atoms with Gasteiger partial charge in [-0.2, -0.15) is 0 Å². The molecular weight excluding hydrogens is 653 g/mol. The fourth-order valence-electron chi connectivity index (χ4n) is 8.40. The normalized spacial score (nSPS) is 23.4. The van der Waals surface area contributed by atoms with Crippen molar-refractivity contribution in [2.45, 2.75) is 51.6 Å². The molecule has 0 unspecified atom stereocenters. The lowest BCUT2D eigenvalue weighted by Crippen LogP contribution is -2.38. The van der Waals surface area contributed by atoms with E-state index < -0.39 is 0 Å². The van der Waals surface area contributed by atoms with Crippen LogP contribution in [0.1, 0.15) is 37.8 Å². The molecule has 0 spiro atoms. The molecule has 0 bridgehead atoms. The minimum Gasteiger partial charge on any atom is -0.378 e. The highest BCUT2D eigenvalue weighted by atomic mass is 16.5. The minimum atomic E-state index is -0.0259. The number of pyridine rings is 2. The van der Waals surface area contributed by atoms with Crippen molar-refractivity contribution in [2.75, 3.05) is 85.3 Å². The van der Waals surface area contributed by atoms with E-state index in [1.807, 2.05) is 0 Å². The Bertz CT molecular complexity index is 1700. The predicted molar refractivity (Wildman–Crippen MR) is 210 cm³/mol. The van der Waals surface area contributed by atoms with Crippen molar-refractivity contribution in [1.82, 2.24) is 9.97 Å². The number of nitrogens with one attached hydrogen (secondary N) is 2. The monoisotopic (exact) mass is 706 g/mol. The number of morpholine rings is 2.